The molecule has 4 aromatic rings. The Bertz CT molecular complexity index is 1600. The van der Waals surface area contributed by atoms with Crippen LogP contribution in [0.2, 0.25) is 0 Å². The molecule has 1 aromatic carbocycles. The summed E-state index contributed by atoms with van der Waals surface area (Å²) >= 11 is 0. The molecule has 1 saturated carbocycles. The maximum absolute atomic E-state index is 13.4. The Morgan fingerprint density at radius 3 is 2.67 bits per heavy atom. The van der Waals surface area contributed by atoms with Crippen molar-refractivity contribution >= 4 is 28.6 Å². The zero-order valence-electron chi connectivity index (χ0n) is 21.7. The molecule has 0 radical (unpaired) electrons. The van der Waals surface area contributed by atoms with E-state index in [2.05, 4.69) is 47.4 Å². The monoisotopic (exact) mass is 525 g/mol. The summed E-state index contributed by atoms with van der Waals surface area (Å²) in [7, 11) is 1.74. The third kappa shape index (κ3) is 5.49. The second-order valence-electron chi connectivity index (χ2n) is 9.74. The number of aromatic nitrogens is 6. The minimum atomic E-state index is -0.247. The van der Waals surface area contributed by atoms with Crippen LogP contribution in [0, 0.1) is 17.8 Å². The third-order valence-corrected chi connectivity index (χ3v) is 6.67. The largest absolute Gasteiger partial charge is 0.436 e. The number of aryl methyl sites for hydroxylation is 1. The summed E-state index contributed by atoms with van der Waals surface area (Å²) in [6.07, 6.45) is 3.87. The van der Waals surface area contributed by atoms with Crippen LogP contribution in [0.4, 0.5) is 5.69 Å². The molecule has 0 bridgehead atoms. The van der Waals surface area contributed by atoms with E-state index in [1.165, 1.54) is 11.7 Å². The van der Waals surface area contributed by atoms with Crippen LogP contribution in [-0.4, -0.2) is 78.0 Å². The van der Waals surface area contributed by atoms with Crippen LogP contribution >= 0.6 is 0 Å². The normalized spacial score (nSPS) is 16.5. The summed E-state index contributed by atoms with van der Waals surface area (Å²) < 4.78 is 5.91. The number of piperazine rings is 1. The van der Waals surface area contributed by atoms with E-state index in [9.17, 15) is 9.59 Å². The number of hydrogen-bond acceptors (Lipinski definition) is 9. The molecule has 2 fully saturated rings. The zero-order chi connectivity index (χ0) is 26.9. The number of carbonyl (C=O) groups is 2. The van der Waals surface area contributed by atoms with Crippen LogP contribution in [0.25, 0.3) is 22.6 Å². The number of rotatable bonds is 5. The second kappa shape index (κ2) is 10.3. The van der Waals surface area contributed by atoms with Crippen LogP contribution in [0.3, 0.4) is 0 Å². The lowest BCUT2D eigenvalue weighted by atomic mass is 10.1. The van der Waals surface area contributed by atoms with Gasteiger partial charge in [0.2, 0.25) is 17.6 Å². The van der Waals surface area contributed by atoms with Gasteiger partial charge in [0, 0.05) is 56.5 Å². The Hall–Kier alpha value is -4.63. The molecule has 0 spiro atoms. The first kappa shape index (κ1) is 24.7. The van der Waals surface area contributed by atoms with E-state index in [0.29, 0.717) is 71.9 Å². The number of benzene rings is 1. The molecule has 6 rings (SSSR count). The van der Waals surface area contributed by atoms with Gasteiger partial charge >= 0.3 is 0 Å². The molecule has 39 heavy (non-hydrogen) atoms. The van der Waals surface area contributed by atoms with Crippen molar-refractivity contribution in [3.63, 3.8) is 0 Å². The maximum Gasteiger partial charge on any atom is 0.272 e. The van der Waals surface area contributed by atoms with Crippen LogP contribution in [-0.2, 0) is 11.8 Å². The fourth-order valence-corrected chi connectivity index (χ4v) is 4.51. The Morgan fingerprint density at radius 1 is 1.13 bits per heavy atom. The first-order chi connectivity index (χ1) is 18.9. The van der Waals surface area contributed by atoms with Crippen molar-refractivity contribution in [1.82, 2.24) is 40.0 Å². The molecule has 1 saturated heterocycles. The van der Waals surface area contributed by atoms with E-state index in [0.717, 1.165) is 12.8 Å². The van der Waals surface area contributed by atoms with Crippen LogP contribution in [0.5, 0.6) is 0 Å². The van der Waals surface area contributed by atoms with Gasteiger partial charge in [0.25, 0.3) is 5.91 Å². The molecular weight excluding hydrogens is 498 g/mol. The molecule has 2 aliphatic rings. The van der Waals surface area contributed by atoms with E-state index in [-0.39, 0.29) is 17.9 Å². The molecule has 1 N–H and O–H groups in total. The smallest absolute Gasteiger partial charge is 0.272 e. The predicted octanol–water partition coefficient (Wildman–Crippen LogP) is 2.28. The van der Waals surface area contributed by atoms with Crippen molar-refractivity contribution in [2.75, 3.05) is 31.5 Å². The number of carbonyl (C=O) groups excluding carboxylic acids is 2. The Balaban J connectivity index is 1.15. The molecule has 1 atom stereocenters. The van der Waals surface area contributed by atoms with Gasteiger partial charge in [0.1, 0.15) is 17.3 Å². The standard InChI is InChI=1S/C27H27N9O3/c1-17(37)29-20-6-8-24-21(16-20)30-26(39-24)19-9-10-28-22(15-19)27(38)36-13-11-35(12-14-36)23(7-5-18-3-4-18)25-31-33-34(2)32-25/h6,8-10,15-16,18,23H,3-4,11-14H2,1-2H3,(H,29,37). The molecule has 1 aliphatic carbocycles. The first-order valence-corrected chi connectivity index (χ1v) is 12.9. The number of fused-ring (bicyclic) bond motifs is 1. The lowest BCUT2D eigenvalue weighted by Crippen LogP contribution is -2.49. The number of nitrogens with zero attached hydrogens (tertiary/aromatic N) is 8. The minimum absolute atomic E-state index is 0.154. The third-order valence-electron chi connectivity index (χ3n) is 6.67. The summed E-state index contributed by atoms with van der Waals surface area (Å²) in [5.74, 6) is 7.79. The summed E-state index contributed by atoms with van der Waals surface area (Å²) in [5, 5.41) is 15.3. The first-order valence-electron chi connectivity index (χ1n) is 12.9. The van der Waals surface area contributed by atoms with E-state index < -0.39 is 0 Å². The second-order valence-corrected chi connectivity index (χ2v) is 9.74. The van der Waals surface area contributed by atoms with Crippen molar-refractivity contribution < 1.29 is 14.0 Å². The summed E-state index contributed by atoms with van der Waals surface area (Å²) in [6, 6.07) is 8.45. The number of nitrogens with one attached hydrogen (secondary N) is 1. The Morgan fingerprint density at radius 2 is 1.95 bits per heavy atom. The van der Waals surface area contributed by atoms with Gasteiger partial charge in [-0.3, -0.25) is 19.5 Å². The van der Waals surface area contributed by atoms with Crippen molar-refractivity contribution in [1.29, 1.82) is 0 Å². The Labute approximate surface area is 224 Å². The van der Waals surface area contributed by atoms with Gasteiger partial charge in [-0.25, -0.2) is 4.98 Å². The number of tetrazole rings is 1. The van der Waals surface area contributed by atoms with E-state index in [1.807, 2.05) is 0 Å². The average molecular weight is 526 g/mol. The zero-order valence-corrected chi connectivity index (χ0v) is 21.7. The van der Waals surface area contributed by atoms with Crippen molar-refractivity contribution in [2.24, 2.45) is 13.0 Å². The quantitative estimate of drug-likeness (QED) is 0.389. The van der Waals surface area contributed by atoms with Gasteiger partial charge in [0.05, 0.1) is 7.05 Å². The molecule has 3 aromatic heterocycles. The summed E-state index contributed by atoms with van der Waals surface area (Å²) in [5.41, 5.74) is 2.79. The number of oxazole rings is 1. The topological polar surface area (TPSA) is 135 Å². The fraction of sp³-hybridized carbons (Fsp3) is 0.370. The van der Waals surface area contributed by atoms with Gasteiger partial charge in [0.15, 0.2) is 5.58 Å². The lowest BCUT2D eigenvalue weighted by Gasteiger charge is -2.36. The Kier molecular flexibility index (Phi) is 6.50. The van der Waals surface area contributed by atoms with Gasteiger partial charge in [-0.15, -0.1) is 10.2 Å². The number of anilines is 1. The number of amides is 2. The minimum Gasteiger partial charge on any atom is -0.436 e. The highest BCUT2D eigenvalue weighted by atomic mass is 16.3. The molecule has 198 valence electrons. The van der Waals surface area contributed by atoms with E-state index >= 15 is 0 Å². The van der Waals surface area contributed by atoms with Gasteiger partial charge in [-0.05, 0) is 48.4 Å². The van der Waals surface area contributed by atoms with Crippen LogP contribution < -0.4 is 5.32 Å². The average Bonchev–Trinajstić information content (AvgIpc) is 3.51. The highest BCUT2D eigenvalue weighted by Gasteiger charge is 2.30. The molecule has 1 aliphatic heterocycles. The molecule has 1 unspecified atom stereocenters. The number of hydrogen-bond donors (Lipinski definition) is 1. The van der Waals surface area contributed by atoms with Crippen molar-refractivity contribution in [3.8, 4) is 23.3 Å². The highest BCUT2D eigenvalue weighted by molar-refractivity contribution is 5.94. The lowest BCUT2D eigenvalue weighted by molar-refractivity contribution is -0.114. The summed E-state index contributed by atoms with van der Waals surface area (Å²) in [4.78, 5) is 39.0. The van der Waals surface area contributed by atoms with Gasteiger partial charge in [-0.1, -0.05) is 11.8 Å². The molecule has 2 amide bonds. The fourth-order valence-electron chi connectivity index (χ4n) is 4.51. The van der Waals surface area contributed by atoms with Crippen molar-refractivity contribution in [2.45, 2.75) is 25.8 Å². The van der Waals surface area contributed by atoms with E-state index in [4.69, 9.17) is 4.42 Å². The SMILES string of the molecule is CC(=O)Nc1ccc2oc(-c3ccnc(C(=O)N4CCN(C(C#CC5CC5)c5nnn(C)n5)CC4)c3)nc2c1. The molecule has 4 heterocycles. The van der Waals surface area contributed by atoms with Gasteiger partial charge < -0.3 is 14.6 Å². The van der Waals surface area contributed by atoms with Crippen LogP contribution in [0.15, 0.2) is 40.9 Å². The molecule has 12 heteroatoms. The summed E-state index contributed by atoms with van der Waals surface area (Å²) in [6.45, 7) is 3.78. The molecule has 12 nitrogen and oxygen atoms in total. The highest BCUT2D eigenvalue weighted by Crippen LogP contribution is 2.29. The number of pyridine rings is 1. The molecular formula is C27H27N9O3. The van der Waals surface area contributed by atoms with Crippen LogP contribution in [0.1, 0.15) is 42.1 Å². The maximum atomic E-state index is 13.4. The van der Waals surface area contributed by atoms with E-state index in [1.54, 1.807) is 48.5 Å². The van der Waals surface area contributed by atoms with Crippen molar-refractivity contribution in [3.05, 3.63) is 48.0 Å². The van der Waals surface area contributed by atoms with Gasteiger partial charge in [-0.2, -0.15) is 4.80 Å². The predicted molar refractivity (Wildman–Crippen MR) is 141 cm³/mol.